The van der Waals surface area contributed by atoms with E-state index in [1.807, 2.05) is 88.4 Å². The van der Waals surface area contributed by atoms with Crippen LogP contribution in [0.2, 0.25) is 0 Å². The molecule has 0 bridgehead atoms. The lowest BCUT2D eigenvalue weighted by molar-refractivity contribution is -0.153. The first-order chi connectivity index (χ1) is 17.2. The molecule has 0 heterocycles. The Balaban J connectivity index is 1.92. The third-order valence-electron chi connectivity index (χ3n) is 8.42. The number of benzene rings is 2. The fourth-order valence-corrected chi connectivity index (χ4v) is 5.29. The van der Waals surface area contributed by atoms with Crippen LogP contribution in [0.3, 0.4) is 0 Å². The summed E-state index contributed by atoms with van der Waals surface area (Å²) >= 11 is 0. The van der Waals surface area contributed by atoms with Crippen molar-refractivity contribution < 1.29 is 19.8 Å². The van der Waals surface area contributed by atoms with Crippen LogP contribution in [0.15, 0.2) is 60.7 Å². The first-order valence-corrected chi connectivity index (χ1v) is 13.4. The van der Waals surface area contributed by atoms with Gasteiger partial charge in [0.15, 0.2) is 0 Å². The van der Waals surface area contributed by atoms with Gasteiger partial charge in [0, 0.05) is 0 Å². The van der Waals surface area contributed by atoms with Gasteiger partial charge in [0.05, 0.1) is 23.3 Å². The number of amides is 2. The van der Waals surface area contributed by atoms with Gasteiger partial charge < -0.3 is 20.8 Å². The first kappa shape index (κ1) is 27.9. The Hall–Kier alpha value is -2.70. The topological polar surface area (TPSA) is 98.7 Å². The maximum absolute atomic E-state index is 13.8. The highest BCUT2D eigenvalue weighted by Crippen LogP contribution is 2.44. The number of nitrogens with one attached hydrogen (secondary N) is 2. The van der Waals surface area contributed by atoms with E-state index in [0.29, 0.717) is 38.5 Å². The van der Waals surface area contributed by atoms with Crippen molar-refractivity contribution in [1.29, 1.82) is 0 Å². The molecule has 2 atom stereocenters. The van der Waals surface area contributed by atoms with Gasteiger partial charge in [-0.2, -0.15) is 0 Å². The molecule has 1 aliphatic carbocycles. The summed E-state index contributed by atoms with van der Waals surface area (Å²) in [6, 6.07) is 17.6. The quantitative estimate of drug-likeness (QED) is 0.313. The van der Waals surface area contributed by atoms with Crippen LogP contribution in [-0.2, 0) is 9.59 Å². The maximum atomic E-state index is 13.8. The molecule has 1 saturated carbocycles. The van der Waals surface area contributed by atoms with E-state index in [1.54, 1.807) is 0 Å². The Bertz CT molecular complexity index is 919. The monoisotopic (exact) mass is 494 g/mol. The van der Waals surface area contributed by atoms with Crippen LogP contribution >= 0.6 is 0 Å². The van der Waals surface area contributed by atoms with E-state index in [4.69, 9.17) is 0 Å². The summed E-state index contributed by atoms with van der Waals surface area (Å²) in [7, 11) is 0. The summed E-state index contributed by atoms with van der Waals surface area (Å²) in [4.78, 5) is 27.6. The fraction of sp³-hybridized carbons (Fsp3) is 0.533. The molecule has 0 aliphatic heterocycles. The number of carbonyl (C=O) groups is 2. The van der Waals surface area contributed by atoms with Crippen molar-refractivity contribution in [3.05, 3.63) is 71.8 Å². The summed E-state index contributed by atoms with van der Waals surface area (Å²) in [6.07, 6.45) is 3.46. The standard InChI is InChI=1S/C30H42N2O4/c1-5-29(35,6-2)24(22-16-11-9-12-17-22)31-26(33)28(20-15-21-28)27(34)32-25(30(36,7-3)8-4)23-18-13-10-14-19-23/h9-14,16-19,24-25,35-36H,5-8,15,20-21H2,1-4H3,(H,31,33)(H,32,34)/t24-,25-/m1/s1. The highest BCUT2D eigenvalue weighted by molar-refractivity contribution is 6.06. The summed E-state index contributed by atoms with van der Waals surface area (Å²) in [6.45, 7) is 7.60. The zero-order chi connectivity index (χ0) is 26.4. The molecular formula is C30H42N2O4. The highest BCUT2D eigenvalue weighted by atomic mass is 16.3. The van der Waals surface area contributed by atoms with Crippen molar-refractivity contribution in [2.24, 2.45) is 5.41 Å². The molecule has 6 heteroatoms. The molecule has 6 nitrogen and oxygen atoms in total. The lowest BCUT2D eigenvalue weighted by Gasteiger charge is -2.44. The first-order valence-electron chi connectivity index (χ1n) is 13.4. The van der Waals surface area contributed by atoms with Crippen molar-refractivity contribution in [1.82, 2.24) is 10.6 Å². The molecule has 4 N–H and O–H groups in total. The molecule has 1 aliphatic rings. The van der Waals surface area contributed by atoms with Crippen LogP contribution in [0.1, 0.15) is 95.9 Å². The molecule has 36 heavy (non-hydrogen) atoms. The smallest absolute Gasteiger partial charge is 0.236 e. The van der Waals surface area contributed by atoms with Gasteiger partial charge in [0.25, 0.3) is 0 Å². The van der Waals surface area contributed by atoms with Crippen molar-refractivity contribution in [3.8, 4) is 0 Å². The van der Waals surface area contributed by atoms with Crippen LogP contribution in [-0.4, -0.2) is 33.2 Å². The zero-order valence-electron chi connectivity index (χ0n) is 22.1. The predicted molar refractivity (Wildman–Crippen MR) is 142 cm³/mol. The minimum atomic E-state index is -1.23. The molecule has 2 aromatic carbocycles. The molecule has 0 aromatic heterocycles. The number of rotatable bonds is 12. The summed E-state index contributed by atoms with van der Waals surface area (Å²) in [5.41, 5.74) is -1.91. The number of hydrogen-bond acceptors (Lipinski definition) is 4. The van der Waals surface area contributed by atoms with Crippen molar-refractivity contribution in [2.45, 2.75) is 95.9 Å². The van der Waals surface area contributed by atoms with E-state index < -0.39 is 28.7 Å². The van der Waals surface area contributed by atoms with Crippen LogP contribution < -0.4 is 10.6 Å². The van der Waals surface area contributed by atoms with Gasteiger partial charge in [-0.15, -0.1) is 0 Å². The minimum Gasteiger partial charge on any atom is -0.387 e. The van der Waals surface area contributed by atoms with Crippen LogP contribution in [0.5, 0.6) is 0 Å². The molecular weight excluding hydrogens is 452 g/mol. The van der Waals surface area contributed by atoms with Gasteiger partial charge in [-0.1, -0.05) is 94.8 Å². The second kappa shape index (κ2) is 11.6. The predicted octanol–water partition coefficient (Wildman–Crippen LogP) is 4.97. The van der Waals surface area contributed by atoms with Gasteiger partial charge in [-0.25, -0.2) is 0 Å². The molecule has 0 unspecified atom stereocenters. The Morgan fingerprint density at radius 3 is 1.31 bits per heavy atom. The number of aliphatic hydroxyl groups is 2. The van der Waals surface area contributed by atoms with E-state index in [2.05, 4.69) is 10.6 Å². The van der Waals surface area contributed by atoms with Crippen LogP contribution in [0.4, 0.5) is 0 Å². The summed E-state index contributed by atoms with van der Waals surface area (Å²) in [5.74, 6) is -0.743. The van der Waals surface area contributed by atoms with Crippen LogP contribution in [0.25, 0.3) is 0 Å². The average Bonchev–Trinajstić information content (AvgIpc) is 2.89. The maximum Gasteiger partial charge on any atom is 0.236 e. The number of hydrogen-bond donors (Lipinski definition) is 4. The second-order valence-electron chi connectivity index (χ2n) is 10.2. The van der Waals surface area contributed by atoms with Gasteiger partial charge in [-0.3, -0.25) is 9.59 Å². The SMILES string of the molecule is CCC(O)(CC)[C@H](NC(=O)C1(C(=O)N[C@H](c2ccccc2)C(O)(CC)CC)CCC1)c1ccccc1. The van der Waals surface area contributed by atoms with Crippen molar-refractivity contribution >= 4 is 11.8 Å². The van der Waals surface area contributed by atoms with E-state index in [9.17, 15) is 19.8 Å². The van der Waals surface area contributed by atoms with Gasteiger partial charge >= 0.3 is 0 Å². The third kappa shape index (κ3) is 5.35. The highest BCUT2D eigenvalue weighted by Gasteiger charge is 2.53. The largest absolute Gasteiger partial charge is 0.387 e. The molecule has 3 rings (SSSR count). The summed E-state index contributed by atoms with van der Waals surface area (Å²) in [5, 5.41) is 28.9. The van der Waals surface area contributed by atoms with Gasteiger partial charge in [0.2, 0.25) is 11.8 Å². The Kier molecular flexibility index (Phi) is 8.96. The lowest BCUT2D eigenvalue weighted by Crippen LogP contribution is -2.60. The molecule has 0 spiro atoms. The minimum absolute atomic E-state index is 0.372. The van der Waals surface area contributed by atoms with Gasteiger partial charge in [0.1, 0.15) is 5.41 Å². The van der Waals surface area contributed by atoms with E-state index in [1.165, 1.54) is 0 Å². The zero-order valence-corrected chi connectivity index (χ0v) is 22.1. The summed E-state index contributed by atoms with van der Waals surface area (Å²) < 4.78 is 0. The Morgan fingerprint density at radius 2 is 1.06 bits per heavy atom. The van der Waals surface area contributed by atoms with Crippen molar-refractivity contribution in [3.63, 3.8) is 0 Å². The van der Waals surface area contributed by atoms with E-state index in [-0.39, 0.29) is 11.8 Å². The molecule has 0 saturated heterocycles. The average molecular weight is 495 g/mol. The fourth-order valence-electron chi connectivity index (χ4n) is 5.29. The Morgan fingerprint density at radius 1 is 0.722 bits per heavy atom. The molecule has 2 aromatic rings. The van der Waals surface area contributed by atoms with E-state index in [0.717, 1.165) is 17.5 Å². The van der Waals surface area contributed by atoms with Crippen LogP contribution in [0, 0.1) is 5.41 Å². The van der Waals surface area contributed by atoms with E-state index >= 15 is 0 Å². The van der Waals surface area contributed by atoms with Gasteiger partial charge in [-0.05, 0) is 49.7 Å². The molecule has 2 amide bonds. The molecule has 0 radical (unpaired) electrons. The second-order valence-corrected chi connectivity index (χ2v) is 10.2. The number of carbonyl (C=O) groups excluding carboxylic acids is 2. The molecule has 1 fully saturated rings. The normalized spacial score (nSPS) is 16.9. The van der Waals surface area contributed by atoms with Crippen molar-refractivity contribution in [2.75, 3.05) is 0 Å². The lowest BCUT2D eigenvalue weighted by atomic mass is 9.66. The third-order valence-corrected chi connectivity index (χ3v) is 8.42. The molecule has 196 valence electrons. The Labute approximate surface area is 215 Å².